The Morgan fingerprint density at radius 1 is 0.941 bits per heavy atom. The summed E-state index contributed by atoms with van der Waals surface area (Å²) in [5.41, 5.74) is 2.41. The Bertz CT molecular complexity index is 174. The topological polar surface area (TPSA) is 58.6 Å². The first-order valence-corrected chi connectivity index (χ1v) is 6.90. The number of carboxylic acid groups (broad SMARTS) is 1. The molecule has 0 heterocycles. The van der Waals surface area contributed by atoms with Gasteiger partial charge in [0.25, 0.3) is 0 Å². The van der Waals surface area contributed by atoms with E-state index in [0.29, 0.717) is 6.54 Å². The predicted molar refractivity (Wildman–Crippen MR) is 69.0 cm³/mol. The molecule has 0 radical (unpaired) electrons. The van der Waals surface area contributed by atoms with Crippen LogP contribution in [-0.2, 0) is 4.84 Å². The molecule has 0 spiro atoms. The van der Waals surface area contributed by atoms with E-state index in [-0.39, 0.29) is 0 Å². The third-order valence-corrected chi connectivity index (χ3v) is 2.79. The molecule has 0 fully saturated rings. The lowest BCUT2D eigenvalue weighted by Gasteiger charge is -2.03. The number of nitrogens with one attached hydrogen (secondary N) is 1. The van der Waals surface area contributed by atoms with Crippen LogP contribution in [0.5, 0.6) is 0 Å². The standard InChI is InChI=1S/C13H27NO3/c1-2-3-4-5-6-7-8-9-10-11-12-14-17-13(15)16/h14H,2-12H2,1H3,(H,15,16). The highest BCUT2D eigenvalue weighted by Crippen LogP contribution is 2.10. The van der Waals surface area contributed by atoms with Crippen molar-refractivity contribution in [2.24, 2.45) is 0 Å². The van der Waals surface area contributed by atoms with E-state index in [1.165, 1.54) is 51.4 Å². The van der Waals surface area contributed by atoms with E-state index in [2.05, 4.69) is 17.2 Å². The van der Waals surface area contributed by atoms with Crippen molar-refractivity contribution in [3.8, 4) is 0 Å². The van der Waals surface area contributed by atoms with Crippen LogP contribution >= 0.6 is 0 Å². The molecule has 102 valence electrons. The van der Waals surface area contributed by atoms with E-state index in [1.54, 1.807) is 0 Å². The van der Waals surface area contributed by atoms with Crippen LogP contribution in [0.2, 0.25) is 0 Å². The third-order valence-electron chi connectivity index (χ3n) is 2.79. The van der Waals surface area contributed by atoms with E-state index in [1.807, 2.05) is 0 Å². The summed E-state index contributed by atoms with van der Waals surface area (Å²) in [7, 11) is 0. The molecule has 17 heavy (non-hydrogen) atoms. The van der Waals surface area contributed by atoms with E-state index < -0.39 is 6.16 Å². The van der Waals surface area contributed by atoms with Crippen LogP contribution in [0.25, 0.3) is 0 Å². The van der Waals surface area contributed by atoms with Crippen molar-refractivity contribution in [2.75, 3.05) is 6.54 Å². The summed E-state index contributed by atoms with van der Waals surface area (Å²) >= 11 is 0. The molecule has 0 aromatic rings. The van der Waals surface area contributed by atoms with Gasteiger partial charge in [-0.1, -0.05) is 64.7 Å². The van der Waals surface area contributed by atoms with Crippen molar-refractivity contribution in [3.05, 3.63) is 0 Å². The molecule has 0 aliphatic carbocycles. The maximum atomic E-state index is 10.00. The normalized spacial score (nSPS) is 10.4. The van der Waals surface area contributed by atoms with Gasteiger partial charge in [-0.15, -0.1) is 0 Å². The fourth-order valence-electron chi connectivity index (χ4n) is 1.80. The molecular weight excluding hydrogens is 218 g/mol. The van der Waals surface area contributed by atoms with Crippen LogP contribution in [-0.4, -0.2) is 17.8 Å². The van der Waals surface area contributed by atoms with Crippen LogP contribution < -0.4 is 5.48 Å². The fourth-order valence-corrected chi connectivity index (χ4v) is 1.80. The Morgan fingerprint density at radius 2 is 1.41 bits per heavy atom. The molecular formula is C13H27NO3. The first-order chi connectivity index (χ1) is 8.27. The van der Waals surface area contributed by atoms with Gasteiger partial charge >= 0.3 is 6.16 Å². The van der Waals surface area contributed by atoms with Gasteiger partial charge in [-0.05, 0) is 6.42 Å². The first kappa shape index (κ1) is 16.2. The minimum atomic E-state index is -1.27. The van der Waals surface area contributed by atoms with Crippen molar-refractivity contribution in [1.29, 1.82) is 0 Å². The predicted octanol–water partition coefficient (Wildman–Crippen LogP) is 4.11. The molecule has 0 aromatic heterocycles. The quantitative estimate of drug-likeness (QED) is 0.401. The molecule has 0 amide bonds. The molecule has 0 saturated carbocycles. The number of hydrogen-bond donors (Lipinski definition) is 2. The van der Waals surface area contributed by atoms with Gasteiger partial charge in [0.15, 0.2) is 0 Å². The Balaban J connectivity index is 2.91. The zero-order chi connectivity index (χ0) is 12.8. The van der Waals surface area contributed by atoms with Gasteiger partial charge in [-0.3, -0.25) is 0 Å². The van der Waals surface area contributed by atoms with Crippen LogP contribution in [0.3, 0.4) is 0 Å². The fraction of sp³-hybridized carbons (Fsp3) is 0.923. The molecule has 0 bridgehead atoms. The Kier molecular flexibility index (Phi) is 12.7. The molecule has 4 nitrogen and oxygen atoms in total. The highest BCUT2D eigenvalue weighted by molar-refractivity contribution is 5.56. The van der Waals surface area contributed by atoms with Gasteiger partial charge in [-0.25, -0.2) is 4.79 Å². The lowest BCUT2D eigenvalue weighted by atomic mass is 10.1. The monoisotopic (exact) mass is 245 g/mol. The smallest absolute Gasteiger partial charge is 0.448 e. The summed E-state index contributed by atoms with van der Waals surface area (Å²) in [5, 5.41) is 8.19. The first-order valence-electron chi connectivity index (χ1n) is 6.90. The number of rotatable bonds is 12. The molecule has 0 saturated heterocycles. The average molecular weight is 245 g/mol. The second kappa shape index (κ2) is 13.3. The maximum absolute atomic E-state index is 10.00. The number of hydroxylamine groups is 1. The van der Waals surface area contributed by atoms with E-state index in [4.69, 9.17) is 5.11 Å². The van der Waals surface area contributed by atoms with Crippen LogP contribution in [0.4, 0.5) is 4.79 Å². The largest absolute Gasteiger partial charge is 0.525 e. The van der Waals surface area contributed by atoms with Crippen LogP contribution in [0.15, 0.2) is 0 Å². The number of unbranched alkanes of at least 4 members (excludes halogenated alkanes) is 9. The molecule has 0 atom stereocenters. The Morgan fingerprint density at radius 3 is 1.88 bits per heavy atom. The zero-order valence-corrected chi connectivity index (χ0v) is 11.0. The Labute approximate surface area is 105 Å². The molecule has 0 aromatic carbocycles. The molecule has 4 heteroatoms. The van der Waals surface area contributed by atoms with Gasteiger partial charge in [0, 0.05) is 6.54 Å². The summed E-state index contributed by atoms with van der Waals surface area (Å²) in [4.78, 5) is 14.2. The van der Waals surface area contributed by atoms with E-state index in [0.717, 1.165) is 12.8 Å². The number of hydrogen-bond acceptors (Lipinski definition) is 3. The zero-order valence-electron chi connectivity index (χ0n) is 11.0. The molecule has 0 aliphatic rings. The van der Waals surface area contributed by atoms with Crippen molar-refractivity contribution in [2.45, 2.75) is 71.1 Å². The van der Waals surface area contributed by atoms with Gasteiger partial charge < -0.3 is 9.94 Å². The lowest BCUT2D eigenvalue weighted by Crippen LogP contribution is -2.19. The molecule has 0 unspecified atom stereocenters. The van der Waals surface area contributed by atoms with Gasteiger partial charge in [0.05, 0.1) is 0 Å². The van der Waals surface area contributed by atoms with Crippen LogP contribution in [0, 0.1) is 0 Å². The highest BCUT2D eigenvalue weighted by atomic mass is 16.8. The summed E-state index contributed by atoms with van der Waals surface area (Å²) in [6, 6.07) is 0. The van der Waals surface area contributed by atoms with Gasteiger partial charge in [0.2, 0.25) is 0 Å². The second-order valence-corrected chi connectivity index (χ2v) is 4.44. The minimum Gasteiger partial charge on any atom is -0.448 e. The second-order valence-electron chi connectivity index (χ2n) is 4.44. The number of carbonyl (C=O) groups is 1. The molecule has 0 rings (SSSR count). The van der Waals surface area contributed by atoms with E-state index >= 15 is 0 Å². The summed E-state index contributed by atoms with van der Waals surface area (Å²) in [5.74, 6) is 0. The van der Waals surface area contributed by atoms with Crippen molar-refractivity contribution < 1.29 is 14.7 Å². The van der Waals surface area contributed by atoms with Crippen molar-refractivity contribution in [1.82, 2.24) is 5.48 Å². The van der Waals surface area contributed by atoms with Crippen LogP contribution in [0.1, 0.15) is 71.1 Å². The third kappa shape index (κ3) is 15.2. The SMILES string of the molecule is CCCCCCCCCCCCNOC(=O)O. The van der Waals surface area contributed by atoms with Crippen molar-refractivity contribution in [3.63, 3.8) is 0 Å². The molecule has 0 aliphatic heterocycles. The molecule has 2 N–H and O–H groups in total. The van der Waals surface area contributed by atoms with E-state index in [9.17, 15) is 4.79 Å². The summed E-state index contributed by atoms with van der Waals surface area (Å²) in [6.45, 7) is 2.85. The maximum Gasteiger partial charge on any atom is 0.525 e. The van der Waals surface area contributed by atoms with Crippen molar-refractivity contribution >= 4 is 6.16 Å². The summed E-state index contributed by atoms with van der Waals surface area (Å²) in [6.07, 6.45) is 11.5. The summed E-state index contributed by atoms with van der Waals surface area (Å²) < 4.78 is 0. The van der Waals surface area contributed by atoms with Gasteiger partial charge in [-0.2, -0.15) is 5.48 Å². The average Bonchev–Trinajstić information content (AvgIpc) is 2.30. The van der Waals surface area contributed by atoms with Gasteiger partial charge in [0.1, 0.15) is 0 Å². The lowest BCUT2D eigenvalue weighted by molar-refractivity contribution is 0.0436. The Hall–Kier alpha value is -0.770. The minimum absolute atomic E-state index is 0.614. The highest BCUT2D eigenvalue weighted by Gasteiger charge is 1.95.